The molecular weight excluding hydrogens is 228 g/mol. The summed E-state index contributed by atoms with van der Waals surface area (Å²) in [5.41, 5.74) is 4.06. The second-order valence-corrected chi connectivity index (χ2v) is 4.72. The molecule has 1 saturated heterocycles. The van der Waals surface area contributed by atoms with E-state index >= 15 is 0 Å². The summed E-state index contributed by atoms with van der Waals surface area (Å²) >= 11 is 0. The summed E-state index contributed by atoms with van der Waals surface area (Å²) in [5, 5.41) is 0. The third kappa shape index (κ3) is 3.45. The summed E-state index contributed by atoms with van der Waals surface area (Å²) in [4.78, 5) is 0. The molecule has 3 N–H and O–H groups in total. The van der Waals surface area contributed by atoms with Crippen molar-refractivity contribution in [1.29, 1.82) is 0 Å². The summed E-state index contributed by atoms with van der Waals surface area (Å²) in [6, 6.07) is 8.15. The molecule has 1 aromatic carbocycles. The zero-order chi connectivity index (χ0) is 12.8. The molecule has 1 aromatic rings. The molecule has 0 saturated carbocycles. The van der Waals surface area contributed by atoms with Gasteiger partial charge in [-0.1, -0.05) is 12.1 Å². The molecule has 100 valence electrons. The lowest BCUT2D eigenvalue weighted by atomic mass is 9.97. The van der Waals surface area contributed by atoms with Gasteiger partial charge in [0, 0.05) is 12.6 Å². The fourth-order valence-corrected chi connectivity index (χ4v) is 2.39. The molecule has 1 aliphatic rings. The van der Waals surface area contributed by atoms with Crippen LogP contribution in [-0.4, -0.2) is 19.8 Å². The van der Waals surface area contributed by atoms with Gasteiger partial charge in [0.1, 0.15) is 5.75 Å². The normalized spacial score (nSPS) is 21.6. The van der Waals surface area contributed by atoms with Crippen LogP contribution in [0.4, 0.5) is 0 Å². The van der Waals surface area contributed by atoms with Crippen LogP contribution in [0, 0.1) is 0 Å². The zero-order valence-corrected chi connectivity index (χ0v) is 10.9. The molecule has 0 bridgehead atoms. The molecule has 1 aliphatic heterocycles. The van der Waals surface area contributed by atoms with Gasteiger partial charge < -0.3 is 9.47 Å². The summed E-state index contributed by atoms with van der Waals surface area (Å²) in [6.45, 7) is 0.880. The third-order valence-corrected chi connectivity index (χ3v) is 3.49. The van der Waals surface area contributed by atoms with Crippen molar-refractivity contribution in [2.24, 2.45) is 5.84 Å². The van der Waals surface area contributed by atoms with E-state index in [0.717, 1.165) is 25.2 Å². The Bertz CT molecular complexity index is 347. The number of hydrogen-bond acceptors (Lipinski definition) is 4. The van der Waals surface area contributed by atoms with Crippen LogP contribution in [0.3, 0.4) is 0 Å². The number of hydrazine groups is 1. The summed E-state index contributed by atoms with van der Waals surface area (Å²) in [6.07, 6.45) is 4.81. The molecule has 0 amide bonds. The van der Waals surface area contributed by atoms with Gasteiger partial charge in [0.15, 0.2) is 0 Å². The van der Waals surface area contributed by atoms with Crippen LogP contribution in [0.1, 0.15) is 37.3 Å². The number of methoxy groups -OCH3 is 1. The molecule has 1 heterocycles. The van der Waals surface area contributed by atoms with Gasteiger partial charge in [-0.15, -0.1) is 0 Å². The zero-order valence-electron chi connectivity index (χ0n) is 10.9. The monoisotopic (exact) mass is 250 g/mol. The van der Waals surface area contributed by atoms with Crippen LogP contribution >= 0.6 is 0 Å². The van der Waals surface area contributed by atoms with Crippen molar-refractivity contribution >= 4 is 0 Å². The van der Waals surface area contributed by atoms with Crippen molar-refractivity contribution in [2.75, 3.05) is 13.7 Å². The van der Waals surface area contributed by atoms with E-state index in [4.69, 9.17) is 15.3 Å². The first-order chi connectivity index (χ1) is 8.83. The highest BCUT2D eigenvalue weighted by atomic mass is 16.5. The summed E-state index contributed by atoms with van der Waals surface area (Å²) in [7, 11) is 1.67. The van der Waals surface area contributed by atoms with E-state index in [0.29, 0.717) is 6.10 Å². The van der Waals surface area contributed by atoms with Crippen molar-refractivity contribution in [3.8, 4) is 5.75 Å². The molecule has 1 fully saturated rings. The van der Waals surface area contributed by atoms with Crippen molar-refractivity contribution < 1.29 is 9.47 Å². The van der Waals surface area contributed by atoms with Crippen molar-refractivity contribution in [2.45, 2.75) is 37.8 Å². The number of ether oxygens (including phenoxy) is 2. The van der Waals surface area contributed by atoms with Gasteiger partial charge in [0.2, 0.25) is 0 Å². The fraction of sp³-hybridized carbons (Fsp3) is 0.571. The maximum Gasteiger partial charge on any atom is 0.118 e. The molecule has 0 spiro atoms. The molecule has 4 nitrogen and oxygen atoms in total. The van der Waals surface area contributed by atoms with Crippen molar-refractivity contribution in [3.05, 3.63) is 29.8 Å². The first-order valence-corrected chi connectivity index (χ1v) is 6.55. The van der Waals surface area contributed by atoms with Gasteiger partial charge in [-0.2, -0.15) is 0 Å². The molecule has 2 atom stereocenters. The molecule has 0 aliphatic carbocycles. The SMILES string of the molecule is COc1ccc(C(CC2CCCCO2)NN)cc1. The quantitative estimate of drug-likeness (QED) is 0.621. The second-order valence-electron chi connectivity index (χ2n) is 4.72. The minimum absolute atomic E-state index is 0.138. The Hall–Kier alpha value is -1.10. The van der Waals surface area contributed by atoms with Crippen LogP contribution in [0.15, 0.2) is 24.3 Å². The Morgan fingerprint density at radius 2 is 2.17 bits per heavy atom. The Kier molecular flexibility index (Phi) is 4.99. The molecule has 0 aromatic heterocycles. The van der Waals surface area contributed by atoms with Crippen LogP contribution in [0.2, 0.25) is 0 Å². The highest BCUT2D eigenvalue weighted by molar-refractivity contribution is 5.29. The number of nitrogens with one attached hydrogen (secondary N) is 1. The third-order valence-electron chi connectivity index (χ3n) is 3.49. The van der Waals surface area contributed by atoms with Crippen molar-refractivity contribution in [1.82, 2.24) is 5.43 Å². The molecule has 4 heteroatoms. The number of hydrogen-bond donors (Lipinski definition) is 2. The van der Waals surface area contributed by atoms with Crippen LogP contribution in [0.25, 0.3) is 0 Å². The molecule has 0 radical (unpaired) electrons. The first-order valence-electron chi connectivity index (χ1n) is 6.55. The van der Waals surface area contributed by atoms with E-state index in [1.807, 2.05) is 24.3 Å². The number of benzene rings is 1. The van der Waals surface area contributed by atoms with Crippen LogP contribution in [-0.2, 0) is 4.74 Å². The highest BCUT2D eigenvalue weighted by Crippen LogP contribution is 2.25. The van der Waals surface area contributed by atoms with E-state index in [1.54, 1.807) is 7.11 Å². The van der Waals surface area contributed by atoms with Crippen molar-refractivity contribution in [3.63, 3.8) is 0 Å². The lowest BCUT2D eigenvalue weighted by Crippen LogP contribution is -2.32. The topological polar surface area (TPSA) is 56.5 Å². The lowest BCUT2D eigenvalue weighted by molar-refractivity contribution is 0.00502. The molecule has 18 heavy (non-hydrogen) atoms. The minimum Gasteiger partial charge on any atom is -0.497 e. The van der Waals surface area contributed by atoms with E-state index in [2.05, 4.69) is 5.43 Å². The van der Waals surface area contributed by atoms with Gasteiger partial charge in [0.25, 0.3) is 0 Å². The lowest BCUT2D eigenvalue weighted by Gasteiger charge is -2.27. The smallest absolute Gasteiger partial charge is 0.118 e. The molecule has 2 rings (SSSR count). The van der Waals surface area contributed by atoms with Gasteiger partial charge >= 0.3 is 0 Å². The first kappa shape index (κ1) is 13.3. The summed E-state index contributed by atoms with van der Waals surface area (Å²) in [5.74, 6) is 6.52. The Labute approximate surface area is 108 Å². The Balaban J connectivity index is 1.97. The highest BCUT2D eigenvalue weighted by Gasteiger charge is 2.19. The second kappa shape index (κ2) is 6.73. The average Bonchev–Trinajstić information content (AvgIpc) is 2.46. The standard InChI is InChI=1S/C14H22N2O2/c1-17-12-7-5-11(6-8-12)14(16-15)10-13-4-2-3-9-18-13/h5-8,13-14,16H,2-4,9-10,15H2,1H3. The minimum atomic E-state index is 0.138. The van der Waals surface area contributed by atoms with E-state index in [-0.39, 0.29) is 6.04 Å². The van der Waals surface area contributed by atoms with Crippen LogP contribution in [0.5, 0.6) is 5.75 Å². The van der Waals surface area contributed by atoms with Gasteiger partial charge in [0.05, 0.1) is 13.2 Å². The predicted molar refractivity (Wildman–Crippen MR) is 71.3 cm³/mol. The predicted octanol–water partition coefficient (Wildman–Crippen LogP) is 2.16. The summed E-state index contributed by atoms with van der Waals surface area (Å²) < 4.78 is 10.9. The van der Waals surface area contributed by atoms with Gasteiger partial charge in [-0.3, -0.25) is 11.3 Å². The van der Waals surface area contributed by atoms with E-state index in [9.17, 15) is 0 Å². The van der Waals surface area contributed by atoms with Gasteiger partial charge in [-0.25, -0.2) is 0 Å². The van der Waals surface area contributed by atoms with Crippen LogP contribution < -0.4 is 16.0 Å². The number of rotatable bonds is 5. The maximum atomic E-state index is 5.76. The van der Waals surface area contributed by atoms with Gasteiger partial charge in [-0.05, 0) is 43.4 Å². The largest absolute Gasteiger partial charge is 0.497 e. The number of nitrogens with two attached hydrogens (primary N) is 1. The Morgan fingerprint density at radius 3 is 2.72 bits per heavy atom. The Morgan fingerprint density at radius 1 is 1.39 bits per heavy atom. The average molecular weight is 250 g/mol. The van der Waals surface area contributed by atoms with E-state index in [1.165, 1.54) is 18.4 Å². The molecular formula is C14H22N2O2. The fourth-order valence-electron chi connectivity index (χ4n) is 2.39. The maximum absolute atomic E-state index is 5.76. The molecule has 2 unspecified atom stereocenters. The van der Waals surface area contributed by atoms with E-state index < -0.39 is 0 Å².